The lowest BCUT2D eigenvalue weighted by Crippen LogP contribution is -2.50. The van der Waals surface area contributed by atoms with E-state index in [0.29, 0.717) is 25.2 Å². The standard InChI is InChI=1S/C18H19FN4OS/c1-2-17(24)22-5-7-23(8-6-22)18-13-10-25-11-16(13)20-14-4-3-12(19)9-15(14)21-18/h3-4,9-11,20H,2,5-8H2,1H3. The highest BCUT2D eigenvalue weighted by Crippen LogP contribution is 2.37. The van der Waals surface area contributed by atoms with E-state index < -0.39 is 0 Å². The largest absolute Gasteiger partial charge is 0.352 e. The fourth-order valence-electron chi connectivity index (χ4n) is 3.22. The molecule has 0 radical (unpaired) electrons. The Kier molecular flexibility index (Phi) is 4.17. The van der Waals surface area contributed by atoms with Crippen molar-refractivity contribution in [3.63, 3.8) is 0 Å². The second-order valence-corrected chi connectivity index (χ2v) is 6.89. The van der Waals surface area contributed by atoms with Crippen LogP contribution in [-0.2, 0) is 4.79 Å². The van der Waals surface area contributed by atoms with Gasteiger partial charge in [-0.25, -0.2) is 9.38 Å². The molecule has 1 aromatic carbocycles. The molecule has 3 heterocycles. The summed E-state index contributed by atoms with van der Waals surface area (Å²) in [5, 5.41) is 7.46. The van der Waals surface area contributed by atoms with Crippen molar-refractivity contribution in [3.8, 4) is 0 Å². The molecule has 1 amide bonds. The molecule has 0 bridgehead atoms. The number of hydrogen-bond donors (Lipinski definition) is 1. The zero-order valence-corrected chi connectivity index (χ0v) is 14.8. The summed E-state index contributed by atoms with van der Waals surface area (Å²) in [7, 11) is 0. The van der Waals surface area contributed by atoms with Crippen molar-refractivity contribution in [3.05, 3.63) is 40.3 Å². The number of amidine groups is 1. The molecule has 2 aliphatic heterocycles. The highest BCUT2D eigenvalue weighted by atomic mass is 32.1. The van der Waals surface area contributed by atoms with Crippen LogP contribution in [0.25, 0.3) is 0 Å². The minimum absolute atomic E-state index is 0.188. The van der Waals surface area contributed by atoms with E-state index in [1.807, 2.05) is 17.2 Å². The van der Waals surface area contributed by atoms with E-state index >= 15 is 0 Å². The number of piperazine rings is 1. The average molecular weight is 358 g/mol. The quantitative estimate of drug-likeness (QED) is 0.848. The number of aliphatic imine (C=N–C) groups is 1. The summed E-state index contributed by atoms with van der Waals surface area (Å²) in [4.78, 5) is 20.7. The van der Waals surface area contributed by atoms with E-state index in [2.05, 4.69) is 15.6 Å². The lowest BCUT2D eigenvalue weighted by atomic mass is 10.2. The molecule has 0 aliphatic carbocycles. The molecule has 0 atom stereocenters. The van der Waals surface area contributed by atoms with Crippen molar-refractivity contribution in [2.24, 2.45) is 4.99 Å². The van der Waals surface area contributed by atoms with Gasteiger partial charge in [-0.3, -0.25) is 4.79 Å². The molecular weight excluding hydrogens is 339 g/mol. The minimum Gasteiger partial charge on any atom is -0.352 e. The summed E-state index contributed by atoms with van der Waals surface area (Å²) in [5.74, 6) is 0.732. The van der Waals surface area contributed by atoms with Gasteiger partial charge in [-0.2, -0.15) is 0 Å². The van der Waals surface area contributed by atoms with Gasteiger partial charge in [-0.15, -0.1) is 11.3 Å². The third kappa shape index (κ3) is 3.00. The lowest BCUT2D eigenvalue weighted by molar-refractivity contribution is -0.132. The van der Waals surface area contributed by atoms with Gasteiger partial charge in [0, 0.05) is 49.4 Å². The van der Waals surface area contributed by atoms with Gasteiger partial charge in [-0.05, 0) is 12.1 Å². The fourth-order valence-corrected chi connectivity index (χ4v) is 3.98. The van der Waals surface area contributed by atoms with E-state index in [4.69, 9.17) is 4.99 Å². The summed E-state index contributed by atoms with van der Waals surface area (Å²) in [6, 6.07) is 4.61. The summed E-state index contributed by atoms with van der Waals surface area (Å²) in [6.07, 6.45) is 0.534. The van der Waals surface area contributed by atoms with Gasteiger partial charge in [0.25, 0.3) is 0 Å². The number of rotatable bonds is 1. The zero-order chi connectivity index (χ0) is 17.4. The predicted molar refractivity (Wildman–Crippen MR) is 98.6 cm³/mol. The van der Waals surface area contributed by atoms with Gasteiger partial charge < -0.3 is 15.1 Å². The highest BCUT2D eigenvalue weighted by molar-refractivity contribution is 7.08. The number of nitrogens with zero attached hydrogens (tertiary/aromatic N) is 3. The fraction of sp³-hybridized carbons (Fsp3) is 0.333. The second kappa shape index (κ2) is 6.48. The van der Waals surface area contributed by atoms with Crippen LogP contribution in [0.5, 0.6) is 0 Å². The summed E-state index contributed by atoms with van der Waals surface area (Å²) in [5.41, 5.74) is 3.41. The van der Waals surface area contributed by atoms with Gasteiger partial charge in [0.05, 0.1) is 22.6 Å². The smallest absolute Gasteiger partial charge is 0.222 e. The van der Waals surface area contributed by atoms with Crippen LogP contribution in [0.2, 0.25) is 0 Å². The first kappa shape index (κ1) is 16.1. The number of fused-ring (bicyclic) bond motifs is 2. The number of benzene rings is 1. The molecule has 25 heavy (non-hydrogen) atoms. The average Bonchev–Trinajstić information content (AvgIpc) is 3.03. The maximum Gasteiger partial charge on any atom is 0.222 e. The van der Waals surface area contributed by atoms with Crippen LogP contribution in [-0.4, -0.2) is 47.7 Å². The molecule has 2 aromatic rings. The molecule has 1 aromatic heterocycles. The van der Waals surface area contributed by atoms with E-state index in [0.717, 1.165) is 35.9 Å². The zero-order valence-electron chi connectivity index (χ0n) is 14.0. The number of nitrogens with one attached hydrogen (secondary N) is 1. The van der Waals surface area contributed by atoms with Gasteiger partial charge in [0.1, 0.15) is 11.7 Å². The van der Waals surface area contributed by atoms with Crippen molar-refractivity contribution in [1.29, 1.82) is 0 Å². The Morgan fingerprint density at radius 1 is 1.24 bits per heavy atom. The molecule has 0 saturated carbocycles. The molecule has 0 unspecified atom stereocenters. The van der Waals surface area contributed by atoms with Crippen LogP contribution >= 0.6 is 11.3 Å². The highest BCUT2D eigenvalue weighted by Gasteiger charge is 2.26. The Morgan fingerprint density at radius 3 is 2.80 bits per heavy atom. The third-order valence-electron chi connectivity index (χ3n) is 4.59. The maximum absolute atomic E-state index is 13.7. The van der Waals surface area contributed by atoms with Gasteiger partial charge in [-0.1, -0.05) is 6.92 Å². The summed E-state index contributed by atoms with van der Waals surface area (Å²) in [6.45, 7) is 4.72. The van der Waals surface area contributed by atoms with Crippen LogP contribution in [0.1, 0.15) is 18.9 Å². The second-order valence-electron chi connectivity index (χ2n) is 6.14. The van der Waals surface area contributed by atoms with Crippen LogP contribution in [0.15, 0.2) is 34.0 Å². The number of carbonyl (C=O) groups excluding carboxylic acids is 1. The van der Waals surface area contributed by atoms with E-state index in [1.54, 1.807) is 17.4 Å². The molecule has 5 nitrogen and oxygen atoms in total. The number of thiophene rings is 1. The van der Waals surface area contributed by atoms with Crippen molar-refractivity contribution in [2.45, 2.75) is 13.3 Å². The topological polar surface area (TPSA) is 47.9 Å². The Bertz CT molecular complexity index is 839. The van der Waals surface area contributed by atoms with Crippen LogP contribution < -0.4 is 5.32 Å². The molecule has 7 heteroatoms. The number of hydrogen-bond acceptors (Lipinski definition) is 5. The van der Waals surface area contributed by atoms with Crippen molar-refractivity contribution >= 4 is 40.1 Å². The molecule has 2 aliphatic rings. The summed E-state index contributed by atoms with van der Waals surface area (Å²) >= 11 is 1.61. The first-order valence-electron chi connectivity index (χ1n) is 8.40. The molecule has 1 fully saturated rings. The number of halogens is 1. The molecule has 1 N–H and O–H groups in total. The monoisotopic (exact) mass is 358 g/mol. The van der Waals surface area contributed by atoms with E-state index in [9.17, 15) is 9.18 Å². The van der Waals surface area contributed by atoms with Crippen LogP contribution in [0.3, 0.4) is 0 Å². The van der Waals surface area contributed by atoms with E-state index in [1.165, 1.54) is 12.1 Å². The maximum atomic E-state index is 13.7. The Labute approximate surface area is 149 Å². The number of amides is 1. The lowest BCUT2D eigenvalue weighted by Gasteiger charge is -2.36. The van der Waals surface area contributed by atoms with Crippen molar-refractivity contribution in [2.75, 3.05) is 31.5 Å². The Hall–Kier alpha value is -2.41. The normalized spacial score (nSPS) is 16.5. The predicted octanol–water partition coefficient (Wildman–Crippen LogP) is 3.58. The summed E-state index contributed by atoms with van der Waals surface area (Å²) < 4.78 is 13.7. The van der Waals surface area contributed by atoms with Crippen LogP contribution in [0.4, 0.5) is 21.5 Å². The van der Waals surface area contributed by atoms with Crippen molar-refractivity contribution < 1.29 is 9.18 Å². The Morgan fingerprint density at radius 2 is 2.04 bits per heavy atom. The number of anilines is 2. The van der Waals surface area contributed by atoms with Crippen molar-refractivity contribution in [1.82, 2.24) is 9.80 Å². The number of carbonyl (C=O) groups is 1. The molecule has 0 spiro atoms. The van der Waals surface area contributed by atoms with Gasteiger partial charge in [0.2, 0.25) is 5.91 Å². The molecule has 130 valence electrons. The van der Waals surface area contributed by atoms with Crippen LogP contribution in [0, 0.1) is 5.82 Å². The van der Waals surface area contributed by atoms with Gasteiger partial charge in [0.15, 0.2) is 0 Å². The molecule has 4 rings (SSSR count). The third-order valence-corrected chi connectivity index (χ3v) is 5.34. The minimum atomic E-state index is -0.300. The van der Waals surface area contributed by atoms with Gasteiger partial charge >= 0.3 is 0 Å². The molecule has 1 saturated heterocycles. The Balaban J connectivity index is 1.67. The molecular formula is C18H19FN4OS. The first-order valence-corrected chi connectivity index (χ1v) is 9.34. The SMILES string of the molecule is CCC(=O)N1CCN(C2=Nc3cc(F)ccc3Nc3cscc32)CC1. The van der Waals surface area contributed by atoms with E-state index in [-0.39, 0.29) is 11.7 Å². The first-order chi connectivity index (χ1) is 12.2.